The molecular weight excluding hydrogens is 356 g/mol. The van der Waals surface area contributed by atoms with Gasteiger partial charge in [-0.1, -0.05) is 47.0 Å². The van der Waals surface area contributed by atoms with Crippen LogP contribution in [0, 0.1) is 11.3 Å². The summed E-state index contributed by atoms with van der Waals surface area (Å²) in [7, 11) is 0. The third-order valence-electron chi connectivity index (χ3n) is 5.71. The summed E-state index contributed by atoms with van der Waals surface area (Å²) in [5, 5.41) is 7.21. The van der Waals surface area contributed by atoms with Crippen LogP contribution in [0.5, 0.6) is 0 Å². The van der Waals surface area contributed by atoms with Crippen LogP contribution in [-0.4, -0.2) is 30.0 Å². The molecule has 1 atom stereocenters. The van der Waals surface area contributed by atoms with Gasteiger partial charge in [0, 0.05) is 23.4 Å². The molecule has 174 valence electrons. The third kappa shape index (κ3) is 19.3. The first kappa shape index (κ1) is 28.6. The zero-order valence-electron chi connectivity index (χ0n) is 21.5. The van der Waals surface area contributed by atoms with Crippen LogP contribution in [0.25, 0.3) is 0 Å². The molecule has 0 spiro atoms. The summed E-state index contributed by atoms with van der Waals surface area (Å²) in [4.78, 5) is 12.4. The number of carbonyl (C=O) groups excluding carboxylic acids is 1. The SMILES string of the molecule is CC(CCC(C)(C)NCCCCCCC(C)(C)C)C(=O)CCCCNC(C)(C)C. The van der Waals surface area contributed by atoms with Gasteiger partial charge in [0.1, 0.15) is 5.78 Å². The van der Waals surface area contributed by atoms with Gasteiger partial charge in [-0.2, -0.15) is 0 Å². The van der Waals surface area contributed by atoms with Crippen LogP contribution in [0.2, 0.25) is 0 Å². The molecule has 29 heavy (non-hydrogen) atoms. The lowest BCUT2D eigenvalue weighted by Crippen LogP contribution is -2.40. The Morgan fingerprint density at radius 2 is 1.28 bits per heavy atom. The number of hydrogen-bond acceptors (Lipinski definition) is 3. The van der Waals surface area contributed by atoms with E-state index in [2.05, 4.69) is 72.9 Å². The molecule has 0 aromatic rings. The monoisotopic (exact) mass is 410 g/mol. The maximum atomic E-state index is 12.4. The molecule has 3 heteroatoms. The fourth-order valence-corrected chi connectivity index (χ4v) is 3.52. The maximum Gasteiger partial charge on any atom is 0.135 e. The standard InChI is InChI=1S/C26H54N2O/c1-22(23(29)16-12-15-20-27-25(5,6)7)17-19-26(8,9)28-21-14-11-10-13-18-24(2,3)4/h22,27-28H,10-21H2,1-9H3. The van der Waals surface area contributed by atoms with E-state index in [9.17, 15) is 4.79 Å². The van der Waals surface area contributed by atoms with Gasteiger partial charge in [0.25, 0.3) is 0 Å². The van der Waals surface area contributed by atoms with Crippen molar-refractivity contribution in [3.8, 4) is 0 Å². The van der Waals surface area contributed by atoms with Gasteiger partial charge in [-0.15, -0.1) is 0 Å². The molecule has 2 N–H and O–H groups in total. The minimum Gasteiger partial charge on any atom is -0.312 e. The summed E-state index contributed by atoms with van der Waals surface area (Å²) in [6.45, 7) is 22.3. The van der Waals surface area contributed by atoms with E-state index < -0.39 is 0 Å². The lowest BCUT2D eigenvalue weighted by Gasteiger charge is -2.28. The van der Waals surface area contributed by atoms with Crippen molar-refractivity contribution >= 4 is 5.78 Å². The van der Waals surface area contributed by atoms with Crippen molar-refractivity contribution in [3.63, 3.8) is 0 Å². The van der Waals surface area contributed by atoms with E-state index in [1.165, 1.54) is 32.1 Å². The topological polar surface area (TPSA) is 41.1 Å². The van der Waals surface area contributed by atoms with Crippen LogP contribution in [0.4, 0.5) is 0 Å². The Kier molecular flexibility index (Phi) is 13.6. The minimum absolute atomic E-state index is 0.122. The fourth-order valence-electron chi connectivity index (χ4n) is 3.52. The summed E-state index contributed by atoms with van der Waals surface area (Å²) in [5.74, 6) is 0.624. The highest BCUT2D eigenvalue weighted by Gasteiger charge is 2.20. The van der Waals surface area contributed by atoms with E-state index in [0.29, 0.717) is 11.2 Å². The first-order valence-corrected chi connectivity index (χ1v) is 12.2. The van der Waals surface area contributed by atoms with Gasteiger partial charge in [-0.3, -0.25) is 4.79 Å². The molecule has 0 aromatic carbocycles. The van der Waals surface area contributed by atoms with Crippen molar-refractivity contribution in [2.24, 2.45) is 11.3 Å². The molecular formula is C26H54N2O. The van der Waals surface area contributed by atoms with Gasteiger partial charge >= 0.3 is 0 Å². The molecule has 0 amide bonds. The fraction of sp³-hybridized carbons (Fsp3) is 0.962. The zero-order chi connectivity index (χ0) is 22.6. The molecule has 0 saturated carbocycles. The lowest BCUT2D eigenvalue weighted by atomic mass is 9.89. The predicted molar refractivity (Wildman–Crippen MR) is 130 cm³/mol. The van der Waals surface area contributed by atoms with Crippen LogP contribution >= 0.6 is 0 Å². The predicted octanol–water partition coefficient (Wildman–Crippen LogP) is 6.90. The molecule has 0 radical (unpaired) electrons. The molecule has 3 nitrogen and oxygen atoms in total. The minimum atomic E-state index is 0.122. The molecule has 0 fully saturated rings. The zero-order valence-corrected chi connectivity index (χ0v) is 21.5. The Labute approximate surface area is 183 Å². The van der Waals surface area contributed by atoms with Gasteiger partial charge in [0.15, 0.2) is 0 Å². The number of hydrogen-bond donors (Lipinski definition) is 2. The summed E-state index contributed by atoms with van der Waals surface area (Å²) in [5.41, 5.74) is 0.760. The Bertz CT molecular complexity index is 429. The van der Waals surface area contributed by atoms with Crippen LogP contribution in [0.3, 0.4) is 0 Å². The molecule has 0 saturated heterocycles. The molecule has 0 heterocycles. The van der Waals surface area contributed by atoms with E-state index in [0.717, 1.165) is 45.2 Å². The van der Waals surface area contributed by atoms with Crippen molar-refractivity contribution in [2.45, 2.75) is 138 Å². The largest absolute Gasteiger partial charge is 0.312 e. The summed E-state index contributed by atoms with van der Waals surface area (Å²) < 4.78 is 0. The molecule has 0 rings (SSSR count). The summed E-state index contributed by atoms with van der Waals surface area (Å²) in [6, 6.07) is 0. The van der Waals surface area contributed by atoms with Gasteiger partial charge in [0.05, 0.1) is 0 Å². The van der Waals surface area contributed by atoms with E-state index >= 15 is 0 Å². The van der Waals surface area contributed by atoms with Crippen molar-refractivity contribution in [1.82, 2.24) is 10.6 Å². The van der Waals surface area contributed by atoms with Crippen LogP contribution in [-0.2, 0) is 4.79 Å². The molecule has 0 aliphatic rings. The van der Waals surface area contributed by atoms with Crippen LogP contribution < -0.4 is 10.6 Å². The third-order valence-corrected chi connectivity index (χ3v) is 5.71. The summed E-state index contributed by atoms with van der Waals surface area (Å²) >= 11 is 0. The average molecular weight is 411 g/mol. The first-order chi connectivity index (χ1) is 13.2. The van der Waals surface area contributed by atoms with E-state index in [1.54, 1.807) is 0 Å². The number of nitrogens with one attached hydrogen (secondary N) is 2. The Hall–Kier alpha value is -0.410. The average Bonchev–Trinajstić information content (AvgIpc) is 2.56. The molecule has 1 unspecified atom stereocenters. The van der Waals surface area contributed by atoms with Gasteiger partial charge in [-0.25, -0.2) is 0 Å². The number of Topliss-reactive ketones (excluding diaryl/α,β-unsaturated/α-hetero) is 1. The second-order valence-electron chi connectivity index (χ2n) is 12.1. The Morgan fingerprint density at radius 3 is 1.86 bits per heavy atom. The molecule has 0 aromatic heterocycles. The summed E-state index contributed by atoms with van der Waals surface area (Å²) in [6.07, 6.45) is 11.5. The van der Waals surface area contributed by atoms with Crippen LogP contribution in [0.1, 0.15) is 127 Å². The van der Waals surface area contributed by atoms with Gasteiger partial charge in [-0.05, 0) is 91.6 Å². The van der Waals surface area contributed by atoms with E-state index in [1.807, 2.05) is 0 Å². The number of carbonyl (C=O) groups is 1. The lowest BCUT2D eigenvalue weighted by molar-refractivity contribution is -0.122. The first-order valence-electron chi connectivity index (χ1n) is 12.2. The van der Waals surface area contributed by atoms with Gasteiger partial charge < -0.3 is 10.6 Å². The second kappa shape index (κ2) is 13.8. The van der Waals surface area contributed by atoms with Gasteiger partial charge in [0.2, 0.25) is 0 Å². The van der Waals surface area contributed by atoms with Crippen molar-refractivity contribution in [1.29, 1.82) is 0 Å². The number of ketones is 1. The molecule has 0 bridgehead atoms. The molecule has 0 aliphatic heterocycles. The van der Waals surface area contributed by atoms with Crippen molar-refractivity contribution < 1.29 is 4.79 Å². The highest BCUT2D eigenvalue weighted by Crippen LogP contribution is 2.22. The number of unbranched alkanes of at least 4 members (excludes halogenated alkanes) is 4. The Morgan fingerprint density at radius 1 is 0.724 bits per heavy atom. The normalized spacial score (nSPS) is 14.2. The number of rotatable bonds is 16. The van der Waals surface area contributed by atoms with E-state index in [-0.39, 0.29) is 17.0 Å². The quantitative estimate of drug-likeness (QED) is 0.272. The van der Waals surface area contributed by atoms with Crippen LogP contribution in [0.15, 0.2) is 0 Å². The smallest absolute Gasteiger partial charge is 0.135 e. The van der Waals surface area contributed by atoms with Crippen molar-refractivity contribution in [3.05, 3.63) is 0 Å². The maximum absolute atomic E-state index is 12.4. The van der Waals surface area contributed by atoms with Crippen molar-refractivity contribution in [2.75, 3.05) is 13.1 Å². The highest BCUT2D eigenvalue weighted by molar-refractivity contribution is 5.80. The second-order valence-corrected chi connectivity index (χ2v) is 12.1. The van der Waals surface area contributed by atoms with E-state index in [4.69, 9.17) is 0 Å². The Balaban J connectivity index is 3.82. The molecule has 0 aliphatic carbocycles. The highest BCUT2D eigenvalue weighted by atomic mass is 16.1.